The molecule has 0 aliphatic carbocycles. The summed E-state index contributed by atoms with van der Waals surface area (Å²) >= 11 is 0. The van der Waals surface area contributed by atoms with Crippen molar-refractivity contribution in [3.05, 3.63) is 53.9 Å². The van der Waals surface area contributed by atoms with E-state index in [0.29, 0.717) is 12.0 Å². The molecule has 11 nitrogen and oxygen atoms in total. The molecule has 0 amide bonds. The second kappa shape index (κ2) is 14.4. The Hall–Kier alpha value is -3.94. The van der Waals surface area contributed by atoms with E-state index in [2.05, 4.69) is 25.1 Å². The quantitative estimate of drug-likeness (QED) is 0.268. The monoisotopic (exact) mass is 629 g/mol. The van der Waals surface area contributed by atoms with Gasteiger partial charge in [-0.05, 0) is 50.9 Å². The summed E-state index contributed by atoms with van der Waals surface area (Å²) < 4.78 is 50.5. The van der Waals surface area contributed by atoms with Gasteiger partial charge in [-0.2, -0.15) is 0 Å². The first-order chi connectivity index (χ1) is 21.8. The van der Waals surface area contributed by atoms with Crippen molar-refractivity contribution in [1.29, 1.82) is 0 Å². The Kier molecular flexibility index (Phi) is 10.4. The lowest BCUT2D eigenvalue weighted by atomic mass is 9.79. The van der Waals surface area contributed by atoms with Crippen molar-refractivity contribution in [1.82, 2.24) is 14.9 Å². The summed E-state index contributed by atoms with van der Waals surface area (Å²) in [6, 6.07) is 7.48. The van der Waals surface area contributed by atoms with Gasteiger partial charge in [0.05, 0.1) is 58.2 Å². The largest absolute Gasteiger partial charge is 0.495 e. The number of ether oxygens (including phenoxy) is 4. The minimum Gasteiger partial charge on any atom is -0.495 e. The van der Waals surface area contributed by atoms with Crippen molar-refractivity contribution in [2.75, 3.05) is 70.9 Å². The Morgan fingerprint density at radius 1 is 0.867 bits per heavy atom. The first kappa shape index (κ1) is 32.5. The van der Waals surface area contributed by atoms with Crippen LogP contribution in [-0.4, -0.2) is 91.8 Å². The molecule has 2 saturated heterocycles. The molecule has 1 aromatic heterocycles. The van der Waals surface area contributed by atoms with Crippen molar-refractivity contribution in [2.45, 2.75) is 38.3 Å². The van der Waals surface area contributed by atoms with Gasteiger partial charge < -0.3 is 44.3 Å². The summed E-state index contributed by atoms with van der Waals surface area (Å²) in [5.41, 5.74) is 1.08. The van der Waals surface area contributed by atoms with E-state index < -0.39 is 18.2 Å². The third-order valence-corrected chi connectivity index (χ3v) is 8.96. The summed E-state index contributed by atoms with van der Waals surface area (Å²) in [5.74, 6) is -0.777. The molecule has 0 saturated carbocycles. The van der Waals surface area contributed by atoms with Crippen LogP contribution in [0.3, 0.4) is 0 Å². The van der Waals surface area contributed by atoms with Crippen molar-refractivity contribution >= 4 is 17.3 Å². The van der Waals surface area contributed by atoms with Crippen LogP contribution in [0.5, 0.6) is 23.0 Å². The van der Waals surface area contributed by atoms with Crippen LogP contribution in [0.4, 0.5) is 26.1 Å². The van der Waals surface area contributed by atoms with Crippen LogP contribution in [0.15, 0.2) is 36.7 Å². The number of nitrogens with one attached hydrogen (secondary N) is 1. The molecule has 0 radical (unpaired) electrons. The van der Waals surface area contributed by atoms with Gasteiger partial charge in [0.25, 0.3) is 0 Å². The highest BCUT2D eigenvalue weighted by Gasteiger charge is 2.36. The SMILES string of the molecule is COc1cc(Nc2ncc(OCc3c(F)c(OC)cc(OC)c3F)cn2)ccc1N1CCC(N2CCC(CO)(CO)CC2)CC1. The van der Waals surface area contributed by atoms with E-state index >= 15 is 0 Å². The number of halogens is 2. The Bertz CT molecular complexity index is 1400. The number of piperidine rings is 2. The van der Waals surface area contributed by atoms with Crippen LogP contribution in [0, 0.1) is 17.0 Å². The van der Waals surface area contributed by atoms with Crippen molar-refractivity contribution < 1.29 is 37.9 Å². The number of anilines is 3. The molecule has 2 aliphatic heterocycles. The van der Waals surface area contributed by atoms with Crippen molar-refractivity contribution in [2.24, 2.45) is 5.41 Å². The number of hydrogen-bond donors (Lipinski definition) is 3. The highest BCUT2D eigenvalue weighted by Crippen LogP contribution is 2.37. The normalized spacial score (nSPS) is 17.2. The fraction of sp³-hybridized carbons (Fsp3) is 0.500. The summed E-state index contributed by atoms with van der Waals surface area (Å²) in [6.07, 6.45) is 6.52. The maximum absolute atomic E-state index is 14.6. The molecule has 3 heterocycles. The fourth-order valence-electron chi connectivity index (χ4n) is 6.02. The molecule has 5 rings (SSSR count). The number of likely N-dealkylation sites (tertiary alicyclic amines) is 1. The number of aromatic nitrogens is 2. The van der Waals surface area contributed by atoms with Gasteiger partial charge in [-0.25, -0.2) is 18.7 Å². The van der Waals surface area contributed by atoms with Crippen LogP contribution < -0.4 is 29.2 Å². The van der Waals surface area contributed by atoms with E-state index in [1.54, 1.807) is 7.11 Å². The highest BCUT2D eigenvalue weighted by molar-refractivity contribution is 5.67. The van der Waals surface area contributed by atoms with Gasteiger partial charge in [-0.3, -0.25) is 0 Å². The van der Waals surface area contributed by atoms with E-state index in [1.807, 2.05) is 18.2 Å². The number of methoxy groups -OCH3 is 3. The fourth-order valence-corrected chi connectivity index (χ4v) is 6.02. The second-order valence-electron chi connectivity index (χ2n) is 11.5. The predicted octanol–water partition coefficient (Wildman–Crippen LogP) is 4.14. The molecule has 0 atom stereocenters. The maximum atomic E-state index is 14.6. The van der Waals surface area contributed by atoms with Crippen LogP contribution in [0.25, 0.3) is 0 Å². The third kappa shape index (κ3) is 7.15. The molecule has 0 spiro atoms. The molecule has 2 aromatic carbocycles. The molecular formula is C32H41F2N5O6. The van der Waals surface area contributed by atoms with Gasteiger partial charge in [-0.15, -0.1) is 0 Å². The Balaban J connectivity index is 1.16. The zero-order valence-corrected chi connectivity index (χ0v) is 25.9. The molecule has 2 aliphatic rings. The van der Waals surface area contributed by atoms with E-state index in [4.69, 9.17) is 18.9 Å². The molecular weight excluding hydrogens is 588 g/mol. The van der Waals surface area contributed by atoms with Crippen molar-refractivity contribution in [3.63, 3.8) is 0 Å². The number of nitrogens with zero attached hydrogens (tertiary/aromatic N) is 4. The first-order valence-electron chi connectivity index (χ1n) is 15.0. The molecule has 244 valence electrons. The molecule has 0 bridgehead atoms. The van der Waals surface area contributed by atoms with Gasteiger partial charge >= 0.3 is 0 Å². The second-order valence-corrected chi connectivity index (χ2v) is 11.5. The zero-order chi connectivity index (χ0) is 32.0. The number of hydrogen-bond acceptors (Lipinski definition) is 11. The average molecular weight is 630 g/mol. The Labute approximate surface area is 261 Å². The van der Waals surface area contributed by atoms with E-state index in [9.17, 15) is 19.0 Å². The van der Waals surface area contributed by atoms with E-state index in [-0.39, 0.29) is 41.4 Å². The average Bonchev–Trinajstić information content (AvgIpc) is 3.09. The van der Waals surface area contributed by atoms with Crippen molar-refractivity contribution in [3.8, 4) is 23.0 Å². The van der Waals surface area contributed by atoms with Crippen LogP contribution in [0.1, 0.15) is 31.2 Å². The lowest BCUT2D eigenvalue weighted by molar-refractivity contribution is -0.0146. The van der Waals surface area contributed by atoms with Gasteiger partial charge in [-0.1, -0.05) is 0 Å². The Morgan fingerprint density at radius 3 is 2.02 bits per heavy atom. The molecule has 0 unspecified atom stereocenters. The maximum Gasteiger partial charge on any atom is 0.227 e. The zero-order valence-electron chi connectivity index (χ0n) is 25.9. The minimum atomic E-state index is -0.868. The Morgan fingerprint density at radius 2 is 1.47 bits per heavy atom. The smallest absolute Gasteiger partial charge is 0.227 e. The van der Waals surface area contributed by atoms with E-state index in [0.717, 1.165) is 75.1 Å². The third-order valence-electron chi connectivity index (χ3n) is 8.96. The molecule has 3 N–H and O–H groups in total. The number of rotatable bonds is 12. The van der Waals surface area contributed by atoms with Gasteiger partial charge in [0.1, 0.15) is 12.4 Å². The summed E-state index contributed by atoms with van der Waals surface area (Å²) in [7, 11) is 4.21. The number of benzene rings is 2. The van der Waals surface area contributed by atoms with Gasteiger partial charge in [0.15, 0.2) is 28.9 Å². The minimum absolute atomic E-state index is 0.0400. The summed E-state index contributed by atoms with van der Waals surface area (Å²) in [6.45, 7) is 3.27. The standard InChI is InChI=1S/C32H41F2N5O6/c1-42-26-14-21(4-5-25(26)39-10-6-22(7-11-39)38-12-8-32(19-40,20-41)9-13-38)37-31-35-16-23(17-36-31)45-18-24-29(33)27(43-2)15-28(44-3)30(24)34/h4-5,14-17,22,40-41H,6-13,18-20H2,1-3H3,(H,35,36,37). The van der Waals surface area contributed by atoms with Gasteiger partial charge in [0.2, 0.25) is 5.95 Å². The number of aliphatic hydroxyl groups is 2. The molecule has 2 fully saturated rings. The topological polar surface area (TPSA) is 122 Å². The molecule has 3 aromatic rings. The lowest BCUT2D eigenvalue weighted by Gasteiger charge is -2.45. The predicted molar refractivity (Wildman–Crippen MR) is 165 cm³/mol. The van der Waals surface area contributed by atoms with Crippen LogP contribution in [-0.2, 0) is 6.61 Å². The van der Waals surface area contributed by atoms with Gasteiger partial charge in [0, 0.05) is 42.4 Å². The molecule has 45 heavy (non-hydrogen) atoms. The lowest BCUT2D eigenvalue weighted by Crippen LogP contribution is -2.51. The summed E-state index contributed by atoms with van der Waals surface area (Å²) in [4.78, 5) is 13.4. The molecule has 13 heteroatoms. The summed E-state index contributed by atoms with van der Waals surface area (Å²) in [5, 5.41) is 22.6. The van der Waals surface area contributed by atoms with Crippen LogP contribution >= 0.6 is 0 Å². The van der Waals surface area contributed by atoms with Crippen LogP contribution in [0.2, 0.25) is 0 Å². The first-order valence-corrected chi connectivity index (χ1v) is 15.0. The van der Waals surface area contributed by atoms with E-state index in [1.165, 1.54) is 26.6 Å². The number of aliphatic hydroxyl groups excluding tert-OH is 2. The highest BCUT2D eigenvalue weighted by atomic mass is 19.1.